The topological polar surface area (TPSA) is 20.7 Å². The number of nitrogens with one attached hydrogen (secondary N) is 1. The van der Waals surface area contributed by atoms with Crippen LogP contribution >= 0.6 is 23.8 Å². The molecule has 1 aromatic carbocycles. The summed E-state index contributed by atoms with van der Waals surface area (Å²) in [5.41, 5.74) is 1.55. The van der Waals surface area contributed by atoms with E-state index in [2.05, 4.69) is 4.98 Å². The molecule has 0 bridgehead atoms. The zero-order valence-electron chi connectivity index (χ0n) is 9.50. The molecule has 0 radical (unpaired) electrons. The lowest BCUT2D eigenvalue weighted by atomic mass is 10.1. The van der Waals surface area contributed by atoms with E-state index in [1.807, 2.05) is 20.0 Å². The quantitative estimate of drug-likeness (QED) is 0.800. The molecule has 0 saturated heterocycles. The van der Waals surface area contributed by atoms with Crippen molar-refractivity contribution < 1.29 is 4.39 Å². The summed E-state index contributed by atoms with van der Waals surface area (Å²) < 4.78 is 15.6. The van der Waals surface area contributed by atoms with Gasteiger partial charge in [-0.3, -0.25) is 4.57 Å². The van der Waals surface area contributed by atoms with E-state index in [9.17, 15) is 4.39 Å². The van der Waals surface area contributed by atoms with E-state index in [1.54, 1.807) is 4.57 Å². The van der Waals surface area contributed by atoms with Crippen LogP contribution in [0.4, 0.5) is 4.39 Å². The molecule has 1 aromatic heterocycles. The molecule has 0 aliphatic rings. The normalized spacial score (nSPS) is 11.1. The maximum absolute atomic E-state index is 13.3. The summed E-state index contributed by atoms with van der Waals surface area (Å²) in [6.45, 7) is 4.09. The third-order valence-corrected chi connectivity index (χ3v) is 3.17. The monoisotopic (exact) mass is 270 g/mol. The summed E-state index contributed by atoms with van der Waals surface area (Å²) in [6.07, 6.45) is 1.83. The van der Waals surface area contributed by atoms with Gasteiger partial charge in [0.25, 0.3) is 0 Å². The predicted octanol–water partition coefficient (Wildman–Crippen LogP) is 4.45. The van der Waals surface area contributed by atoms with Crippen molar-refractivity contribution in [1.82, 2.24) is 9.55 Å². The van der Waals surface area contributed by atoms with Crippen molar-refractivity contribution in [2.75, 3.05) is 0 Å². The van der Waals surface area contributed by atoms with Crippen molar-refractivity contribution in [1.29, 1.82) is 0 Å². The van der Waals surface area contributed by atoms with Crippen LogP contribution in [0.1, 0.15) is 25.5 Å². The summed E-state index contributed by atoms with van der Waals surface area (Å²) in [6, 6.07) is 4.25. The average Bonchev–Trinajstić information content (AvgIpc) is 2.64. The minimum atomic E-state index is -0.331. The first-order valence-electron chi connectivity index (χ1n) is 5.26. The summed E-state index contributed by atoms with van der Waals surface area (Å²) in [5.74, 6) is -0.0653. The van der Waals surface area contributed by atoms with E-state index in [0.29, 0.717) is 15.5 Å². The lowest BCUT2D eigenvalue weighted by molar-refractivity contribution is 0.625. The van der Waals surface area contributed by atoms with Crippen LogP contribution in [0, 0.1) is 10.6 Å². The van der Waals surface area contributed by atoms with Crippen molar-refractivity contribution >= 4 is 23.8 Å². The van der Waals surface area contributed by atoms with Crippen LogP contribution in [0.25, 0.3) is 5.69 Å². The van der Waals surface area contributed by atoms with E-state index in [-0.39, 0.29) is 11.7 Å². The van der Waals surface area contributed by atoms with Crippen LogP contribution in [-0.2, 0) is 0 Å². The highest BCUT2D eigenvalue weighted by atomic mass is 35.5. The van der Waals surface area contributed by atoms with Crippen LogP contribution in [0.3, 0.4) is 0 Å². The first-order valence-corrected chi connectivity index (χ1v) is 6.05. The van der Waals surface area contributed by atoms with Gasteiger partial charge in [-0.15, -0.1) is 0 Å². The standard InChI is InChI=1S/C12H12ClFN2S/c1-7(2)11-6-15-12(17)16(11)10-5-8(14)3-4-9(10)13/h3-7H,1-2H3,(H,15,17). The van der Waals surface area contributed by atoms with Crippen LogP contribution in [0.15, 0.2) is 24.4 Å². The minimum absolute atomic E-state index is 0.266. The maximum atomic E-state index is 13.3. The number of aromatic nitrogens is 2. The van der Waals surface area contributed by atoms with Crippen molar-refractivity contribution in [2.45, 2.75) is 19.8 Å². The molecular formula is C12H12ClFN2S. The highest BCUT2D eigenvalue weighted by Gasteiger charge is 2.13. The van der Waals surface area contributed by atoms with E-state index in [1.165, 1.54) is 18.2 Å². The fourth-order valence-electron chi connectivity index (χ4n) is 1.71. The molecule has 0 fully saturated rings. The van der Waals surface area contributed by atoms with Crippen molar-refractivity contribution in [3.63, 3.8) is 0 Å². The molecule has 2 rings (SSSR count). The number of halogens is 2. The molecule has 17 heavy (non-hydrogen) atoms. The fourth-order valence-corrected chi connectivity index (χ4v) is 2.18. The Kier molecular flexibility index (Phi) is 3.35. The number of benzene rings is 1. The highest BCUT2D eigenvalue weighted by molar-refractivity contribution is 7.71. The van der Waals surface area contributed by atoms with E-state index >= 15 is 0 Å². The third kappa shape index (κ3) is 2.28. The van der Waals surface area contributed by atoms with Crippen molar-refractivity contribution in [3.8, 4) is 5.69 Å². The average molecular weight is 271 g/mol. The lowest BCUT2D eigenvalue weighted by Crippen LogP contribution is -2.03. The molecule has 0 spiro atoms. The first kappa shape index (κ1) is 12.3. The van der Waals surface area contributed by atoms with Crippen LogP contribution in [-0.4, -0.2) is 9.55 Å². The zero-order chi connectivity index (χ0) is 12.6. The Balaban J connectivity index is 2.72. The summed E-state index contributed by atoms with van der Waals surface area (Å²) >= 11 is 11.3. The third-order valence-electron chi connectivity index (χ3n) is 2.55. The van der Waals surface area contributed by atoms with Gasteiger partial charge in [0.05, 0.1) is 10.7 Å². The van der Waals surface area contributed by atoms with Gasteiger partial charge in [0.2, 0.25) is 0 Å². The van der Waals surface area contributed by atoms with Crippen molar-refractivity contribution in [3.05, 3.63) is 45.7 Å². The van der Waals surface area contributed by atoms with Gasteiger partial charge in [-0.25, -0.2) is 4.39 Å². The Morgan fingerprint density at radius 3 is 2.76 bits per heavy atom. The van der Waals surface area contributed by atoms with Gasteiger partial charge in [-0.05, 0) is 36.3 Å². The van der Waals surface area contributed by atoms with Crippen LogP contribution in [0.2, 0.25) is 5.02 Å². The molecular weight excluding hydrogens is 259 g/mol. The number of hydrogen-bond acceptors (Lipinski definition) is 1. The molecule has 0 atom stereocenters. The molecule has 0 amide bonds. The molecule has 0 aliphatic heterocycles. The van der Waals surface area contributed by atoms with Gasteiger partial charge >= 0.3 is 0 Å². The minimum Gasteiger partial charge on any atom is -0.337 e. The molecule has 0 aliphatic carbocycles. The number of imidazole rings is 1. The summed E-state index contributed by atoms with van der Waals surface area (Å²) in [4.78, 5) is 2.96. The molecule has 1 N–H and O–H groups in total. The predicted molar refractivity (Wildman–Crippen MR) is 70.0 cm³/mol. The number of aromatic amines is 1. The second-order valence-corrected chi connectivity index (χ2v) is 4.90. The Morgan fingerprint density at radius 2 is 2.12 bits per heavy atom. The molecule has 5 heteroatoms. The van der Waals surface area contributed by atoms with E-state index in [0.717, 1.165) is 5.69 Å². The summed E-state index contributed by atoms with van der Waals surface area (Å²) in [5, 5.41) is 0.476. The Hall–Kier alpha value is -1.13. The maximum Gasteiger partial charge on any atom is 0.182 e. The molecule has 1 heterocycles. The van der Waals surface area contributed by atoms with Gasteiger partial charge in [0, 0.05) is 11.9 Å². The second kappa shape index (κ2) is 4.63. The van der Waals surface area contributed by atoms with E-state index in [4.69, 9.17) is 23.8 Å². The van der Waals surface area contributed by atoms with Crippen LogP contribution in [0.5, 0.6) is 0 Å². The molecule has 90 valence electrons. The number of H-pyrrole nitrogens is 1. The van der Waals surface area contributed by atoms with Gasteiger partial charge < -0.3 is 4.98 Å². The summed E-state index contributed by atoms with van der Waals surface area (Å²) in [7, 11) is 0. The Labute approximate surface area is 109 Å². The fraction of sp³-hybridized carbons (Fsp3) is 0.250. The number of hydrogen-bond donors (Lipinski definition) is 1. The van der Waals surface area contributed by atoms with Gasteiger partial charge in [-0.1, -0.05) is 25.4 Å². The number of nitrogens with zero attached hydrogens (tertiary/aromatic N) is 1. The smallest absolute Gasteiger partial charge is 0.182 e. The first-order chi connectivity index (χ1) is 8.00. The Bertz CT molecular complexity index is 601. The zero-order valence-corrected chi connectivity index (χ0v) is 11.1. The second-order valence-electron chi connectivity index (χ2n) is 4.10. The van der Waals surface area contributed by atoms with Crippen LogP contribution < -0.4 is 0 Å². The van der Waals surface area contributed by atoms with E-state index < -0.39 is 0 Å². The molecule has 0 saturated carbocycles. The molecule has 2 nitrogen and oxygen atoms in total. The highest BCUT2D eigenvalue weighted by Crippen LogP contribution is 2.26. The van der Waals surface area contributed by atoms with Gasteiger partial charge in [-0.2, -0.15) is 0 Å². The SMILES string of the molecule is CC(C)c1c[nH]c(=S)n1-c1cc(F)ccc1Cl. The van der Waals surface area contributed by atoms with Crippen molar-refractivity contribution in [2.24, 2.45) is 0 Å². The largest absolute Gasteiger partial charge is 0.337 e. The lowest BCUT2D eigenvalue weighted by Gasteiger charge is -2.12. The number of rotatable bonds is 2. The molecule has 2 aromatic rings. The van der Waals surface area contributed by atoms with Gasteiger partial charge in [0.15, 0.2) is 4.77 Å². The molecule has 0 unspecified atom stereocenters. The van der Waals surface area contributed by atoms with Gasteiger partial charge in [0.1, 0.15) is 5.82 Å². The Morgan fingerprint density at radius 1 is 1.41 bits per heavy atom.